The lowest BCUT2D eigenvalue weighted by atomic mass is 9.62. The molecule has 238 valence electrons. The number of carbonyl (C=O) groups is 1. The van der Waals surface area contributed by atoms with Crippen LogP contribution in [0.15, 0.2) is 48.0 Å². The molecule has 1 spiro atoms. The van der Waals surface area contributed by atoms with Crippen molar-refractivity contribution in [2.45, 2.75) is 63.9 Å². The van der Waals surface area contributed by atoms with Crippen molar-refractivity contribution >= 4 is 33.3 Å². The number of carboxylic acid groups (broad SMARTS) is 1. The van der Waals surface area contributed by atoms with Crippen LogP contribution in [0.2, 0.25) is 5.02 Å². The molecule has 2 aromatic carbocycles. The monoisotopic (exact) mass is 642 g/mol. The predicted octanol–water partition coefficient (Wildman–Crippen LogP) is 5.81. The Bertz CT molecular complexity index is 1590. The lowest BCUT2D eigenvalue weighted by Crippen LogP contribution is -2.50. The molecular formula is C34H43ClN2O6S. The van der Waals surface area contributed by atoms with Crippen LogP contribution in [-0.4, -0.2) is 58.2 Å². The minimum atomic E-state index is -3.57. The quantitative estimate of drug-likeness (QED) is 0.331. The number of methoxy groups -OCH3 is 1. The van der Waals surface area contributed by atoms with E-state index in [2.05, 4.69) is 23.1 Å². The first-order valence-corrected chi connectivity index (χ1v) is 17.7. The van der Waals surface area contributed by atoms with E-state index in [0.717, 1.165) is 62.3 Å². The summed E-state index contributed by atoms with van der Waals surface area (Å²) in [6.07, 6.45) is 8.07. The van der Waals surface area contributed by atoms with Crippen LogP contribution < -0.4 is 14.8 Å². The molecule has 2 aromatic rings. The average Bonchev–Trinajstić information content (AvgIpc) is 3.05. The third kappa shape index (κ3) is 6.00. The summed E-state index contributed by atoms with van der Waals surface area (Å²) in [7, 11) is -1.81. The highest BCUT2D eigenvalue weighted by atomic mass is 35.5. The maximum atomic E-state index is 12.0. The number of nitrogens with zero attached hydrogens (tertiary/aromatic N) is 1. The summed E-state index contributed by atoms with van der Waals surface area (Å²) in [4.78, 5) is 14.4. The highest BCUT2D eigenvalue weighted by Crippen LogP contribution is 2.50. The molecule has 0 aromatic heterocycles. The van der Waals surface area contributed by atoms with E-state index in [1.165, 1.54) is 16.7 Å². The van der Waals surface area contributed by atoms with Crippen molar-refractivity contribution in [2.75, 3.05) is 37.5 Å². The molecule has 1 aliphatic heterocycles. The summed E-state index contributed by atoms with van der Waals surface area (Å²) in [5, 5.41) is 15.9. The van der Waals surface area contributed by atoms with Crippen molar-refractivity contribution in [3.05, 3.63) is 69.8 Å². The number of aryl methyl sites for hydroxylation is 1. The Hall–Kier alpha value is -2.59. The second kappa shape index (κ2) is 11.6. The Morgan fingerprint density at radius 2 is 2.02 bits per heavy atom. The molecule has 1 fully saturated rings. The van der Waals surface area contributed by atoms with Gasteiger partial charge in [-0.2, -0.15) is 0 Å². The van der Waals surface area contributed by atoms with Crippen molar-refractivity contribution in [1.29, 1.82) is 0 Å². The van der Waals surface area contributed by atoms with E-state index in [1.54, 1.807) is 25.3 Å². The summed E-state index contributed by atoms with van der Waals surface area (Å²) >= 11 is 6.40. The molecule has 0 amide bonds. The molecule has 0 bridgehead atoms. The fourth-order valence-corrected chi connectivity index (χ4v) is 9.61. The van der Waals surface area contributed by atoms with Gasteiger partial charge in [0.2, 0.25) is 10.0 Å². The number of aromatic carboxylic acids is 1. The first-order chi connectivity index (χ1) is 20.8. The number of hydrogen-bond acceptors (Lipinski definition) is 6. The molecule has 0 saturated heterocycles. The number of ether oxygens (including phenoxy) is 2. The van der Waals surface area contributed by atoms with Gasteiger partial charge < -0.3 is 19.5 Å². The van der Waals surface area contributed by atoms with Crippen molar-refractivity contribution in [3.63, 3.8) is 0 Å². The number of anilines is 1. The highest BCUT2D eigenvalue weighted by molar-refractivity contribution is 7.89. The second-order valence-corrected chi connectivity index (χ2v) is 16.1. The molecule has 1 saturated carbocycles. The summed E-state index contributed by atoms with van der Waals surface area (Å²) in [5.41, 5.74) is 4.17. The molecule has 6 rings (SSSR count). The molecule has 4 aliphatic rings. The van der Waals surface area contributed by atoms with Crippen molar-refractivity contribution in [2.24, 2.45) is 28.3 Å². The molecule has 8 nitrogen and oxygen atoms in total. The number of nitrogens with two attached hydrogens (primary N) is 1. The fraction of sp³-hybridized carbons (Fsp3) is 0.559. The predicted molar refractivity (Wildman–Crippen MR) is 172 cm³/mol. The lowest BCUT2D eigenvalue weighted by Gasteiger charge is -2.49. The number of rotatable bonds is 9. The van der Waals surface area contributed by atoms with Gasteiger partial charge in [-0.3, -0.25) is 0 Å². The Kier molecular flexibility index (Phi) is 8.31. The normalized spacial score (nSPS) is 27.2. The first-order valence-electron chi connectivity index (χ1n) is 15.6. The molecule has 10 heteroatoms. The fourth-order valence-electron chi connectivity index (χ4n) is 8.17. The van der Waals surface area contributed by atoms with E-state index < -0.39 is 21.4 Å². The van der Waals surface area contributed by atoms with Crippen molar-refractivity contribution < 1.29 is 27.8 Å². The van der Waals surface area contributed by atoms with Gasteiger partial charge in [0.25, 0.3) is 0 Å². The van der Waals surface area contributed by atoms with E-state index >= 15 is 0 Å². The number of sulfonamides is 1. The zero-order valence-electron chi connectivity index (χ0n) is 25.7. The minimum Gasteiger partial charge on any atom is -0.490 e. The van der Waals surface area contributed by atoms with Gasteiger partial charge >= 0.3 is 5.97 Å². The Morgan fingerprint density at radius 3 is 2.68 bits per heavy atom. The van der Waals surface area contributed by atoms with Crippen LogP contribution in [-0.2, 0) is 26.6 Å². The van der Waals surface area contributed by atoms with Gasteiger partial charge in [-0.1, -0.05) is 37.6 Å². The van der Waals surface area contributed by atoms with Crippen molar-refractivity contribution in [1.82, 2.24) is 0 Å². The number of carboxylic acids is 1. The van der Waals surface area contributed by atoms with Gasteiger partial charge in [0.1, 0.15) is 5.75 Å². The number of halogens is 1. The van der Waals surface area contributed by atoms with E-state index in [-0.39, 0.29) is 28.8 Å². The summed E-state index contributed by atoms with van der Waals surface area (Å²) in [5.74, 6) is 0.510. The Labute approximate surface area is 265 Å². The maximum absolute atomic E-state index is 12.0. The van der Waals surface area contributed by atoms with E-state index in [4.69, 9.17) is 26.2 Å². The summed E-state index contributed by atoms with van der Waals surface area (Å²) in [6.45, 7) is 5.93. The molecule has 3 aliphatic carbocycles. The zero-order valence-corrected chi connectivity index (χ0v) is 27.3. The molecule has 5 atom stereocenters. The average molecular weight is 643 g/mol. The third-order valence-corrected chi connectivity index (χ3v) is 12.1. The van der Waals surface area contributed by atoms with Crippen LogP contribution in [0.25, 0.3) is 0 Å². The second-order valence-electron chi connectivity index (χ2n) is 14.1. The smallest absolute Gasteiger partial charge is 0.335 e. The number of fused-ring (bicyclic) bond motifs is 3. The summed E-state index contributed by atoms with van der Waals surface area (Å²) in [6, 6.07) is 11.4. The number of hydrogen-bond donors (Lipinski definition) is 2. The van der Waals surface area contributed by atoms with Gasteiger partial charge in [0, 0.05) is 30.6 Å². The number of primary sulfonamides is 1. The Balaban J connectivity index is 1.28. The first kappa shape index (κ1) is 31.4. The lowest BCUT2D eigenvalue weighted by molar-refractivity contribution is -0.00186. The molecule has 1 heterocycles. The number of allylic oxidation sites excluding steroid dienone is 1. The standard InChI is InChI=1S/C34H43ClN2O6S/c1-33(2,20-44(36,40)41)25-13-24(14-25)31(42-3)27-9-6-23(27)17-37-18-34(12-4-5-21-15-26(35)8-10-28(21)34)19-43-30-11-7-22(32(38)39)16-29(30)37/h7-8,10-11,13,15-16,23,25,27,31H,4-6,9,12,14,17-20H2,1-3H3,(H,38,39)(H2,36,40,41)/t23-,25-,27+,31?,34-/m0/s1. The summed E-state index contributed by atoms with van der Waals surface area (Å²) < 4.78 is 36.2. The third-order valence-electron chi connectivity index (χ3n) is 10.7. The van der Waals surface area contributed by atoms with Gasteiger partial charge in [0.05, 0.1) is 29.7 Å². The largest absolute Gasteiger partial charge is 0.490 e. The van der Waals surface area contributed by atoms with E-state index in [0.29, 0.717) is 24.2 Å². The van der Waals surface area contributed by atoms with Crippen LogP contribution in [0, 0.1) is 23.2 Å². The van der Waals surface area contributed by atoms with E-state index in [1.807, 2.05) is 19.9 Å². The molecule has 3 N–H and O–H groups in total. The Morgan fingerprint density at radius 1 is 1.25 bits per heavy atom. The zero-order chi connectivity index (χ0) is 31.4. The van der Waals surface area contributed by atoms with Gasteiger partial charge in [-0.05, 0) is 109 Å². The highest BCUT2D eigenvalue weighted by Gasteiger charge is 2.47. The molecular weight excluding hydrogens is 600 g/mol. The van der Waals surface area contributed by atoms with Crippen molar-refractivity contribution in [3.8, 4) is 5.75 Å². The van der Waals surface area contributed by atoms with Gasteiger partial charge in [0.15, 0.2) is 0 Å². The van der Waals surface area contributed by atoms with Crippen LogP contribution in [0.4, 0.5) is 5.69 Å². The van der Waals surface area contributed by atoms with Crippen LogP contribution in [0.5, 0.6) is 5.75 Å². The van der Waals surface area contributed by atoms with Crippen LogP contribution in [0.1, 0.15) is 67.4 Å². The van der Waals surface area contributed by atoms with Crippen LogP contribution in [0.3, 0.4) is 0 Å². The van der Waals surface area contributed by atoms with Gasteiger partial charge in [-0.15, -0.1) is 0 Å². The SMILES string of the molecule is COC(C1=C[C@H](C(C)(C)CS(N)(=O)=O)C1)[C@@H]1CC[C@H]1CN1C[C@@]2(CCCc3cc(Cl)ccc32)COc2ccc(C(=O)O)cc21. The molecule has 0 radical (unpaired) electrons. The topological polar surface area (TPSA) is 119 Å². The van der Waals surface area contributed by atoms with E-state index in [9.17, 15) is 18.3 Å². The molecule has 44 heavy (non-hydrogen) atoms. The number of benzene rings is 2. The molecule has 1 unspecified atom stereocenters. The van der Waals surface area contributed by atoms with Crippen LogP contribution >= 0.6 is 11.6 Å². The maximum Gasteiger partial charge on any atom is 0.335 e. The minimum absolute atomic E-state index is 0.0326. The van der Waals surface area contributed by atoms with Gasteiger partial charge in [-0.25, -0.2) is 18.4 Å².